The number of halogens is 1. The Morgan fingerprint density at radius 2 is 2.05 bits per heavy atom. The van der Waals surface area contributed by atoms with Crippen LogP contribution in [0.15, 0.2) is 27.6 Å². The van der Waals surface area contributed by atoms with Crippen LogP contribution in [0.2, 0.25) is 0 Å². The molecule has 1 aromatic rings. The van der Waals surface area contributed by atoms with Gasteiger partial charge >= 0.3 is 0 Å². The molecule has 118 valence electrons. The second kappa shape index (κ2) is 7.66. The van der Waals surface area contributed by atoms with Crippen LogP contribution >= 0.6 is 15.9 Å². The van der Waals surface area contributed by atoms with Crippen LogP contribution in [-0.4, -0.2) is 46.3 Å². The van der Waals surface area contributed by atoms with Crippen molar-refractivity contribution >= 4 is 26.0 Å². The minimum Gasteiger partial charge on any atom is -0.379 e. The van der Waals surface area contributed by atoms with E-state index < -0.39 is 10.0 Å². The molecule has 1 aliphatic rings. The Balaban J connectivity index is 2.17. The number of hydrogen-bond donors (Lipinski definition) is 2. The van der Waals surface area contributed by atoms with Gasteiger partial charge in [0.1, 0.15) is 0 Å². The zero-order valence-electron chi connectivity index (χ0n) is 11.9. The van der Waals surface area contributed by atoms with Crippen LogP contribution in [0.1, 0.15) is 12.5 Å². The molecule has 0 bridgehead atoms. The van der Waals surface area contributed by atoms with Crippen LogP contribution in [-0.2, 0) is 21.3 Å². The van der Waals surface area contributed by atoms with Crippen molar-refractivity contribution < 1.29 is 13.2 Å². The number of ether oxygens (including phenoxy) is 1. The molecule has 1 fully saturated rings. The molecule has 8 heteroatoms. The van der Waals surface area contributed by atoms with Gasteiger partial charge in [0.25, 0.3) is 10.0 Å². The van der Waals surface area contributed by atoms with Crippen molar-refractivity contribution in [3.63, 3.8) is 0 Å². The van der Waals surface area contributed by atoms with E-state index in [1.165, 1.54) is 0 Å². The lowest BCUT2D eigenvalue weighted by atomic mass is 10.2. The molecular formula is C13H20BrN3O3S. The normalized spacial score (nSPS) is 17.0. The van der Waals surface area contributed by atoms with Gasteiger partial charge < -0.3 is 10.1 Å². The van der Waals surface area contributed by atoms with Crippen LogP contribution in [0.25, 0.3) is 0 Å². The zero-order chi connectivity index (χ0) is 15.3. The number of benzene rings is 1. The van der Waals surface area contributed by atoms with E-state index in [1.807, 2.05) is 13.0 Å². The molecule has 0 amide bonds. The molecule has 1 aromatic carbocycles. The van der Waals surface area contributed by atoms with E-state index in [-0.39, 0.29) is 4.90 Å². The van der Waals surface area contributed by atoms with Gasteiger partial charge in [0.2, 0.25) is 0 Å². The average molecular weight is 378 g/mol. The molecule has 1 aliphatic heterocycles. The predicted molar refractivity (Wildman–Crippen MR) is 84.2 cm³/mol. The van der Waals surface area contributed by atoms with Crippen molar-refractivity contribution in [2.24, 2.45) is 0 Å². The maximum absolute atomic E-state index is 12.5. The number of hydrogen-bond acceptors (Lipinski definition) is 5. The van der Waals surface area contributed by atoms with E-state index in [0.717, 1.165) is 12.1 Å². The third-order valence-electron chi connectivity index (χ3n) is 3.12. The first-order valence-corrected chi connectivity index (χ1v) is 9.15. The number of nitrogens with one attached hydrogen (secondary N) is 2. The Bertz CT molecular complexity index is 574. The van der Waals surface area contributed by atoms with E-state index in [2.05, 4.69) is 26.1 Å². The fourth-order valence-corrected chi connectivity index (χ4v) is 4.14. The molecule has 1 saturated heterocycles. The molecule has 6 nitrogen and oxygen atoms in total. The summed E-state index contributed by atoms with van der Waals surface area (Å²) in [4.78, 5) is 2.86. The van der Waals surface area contributed by atoms with Crippen molar-refractivity contribution in [3.05, 3.63) is 28.2 Å². The molecule has 1 heterocycles. The number of morpholine rings is 1. The first-order chi connectivity index (χ1) is 10.0. The topological polar surface area (TPSA) is 70.7 Å². The minimum atomic E-state index is -3.59. The smallest absolute Gasteiger partial charge is 0.254 e. The predicted octanol–water partition coefficient (Wildman–Crippen LogP) is 1.08. The molecule has 2 rings (SSSR count). The van der Waals surface area contributed by atoms with E-state index in [0.29, 0.717) is 37.3 Å². The minimum absolute atomic E-state index is 0.254. The van der Waals surface area contributed by atoms with Gasteiger partial charge in [0.15, 0.2) is 0 Å². The number of rotatable bonds is 6. The summed E-state index contributed by atoms with van der Waals surface area (Å²) in [6.07, 6.45) is 0. The second-order valence-electron chi connectivity index (χ2n) is 4.74. The second-order valence-corrected chi connectivity index (χ2v) is 7.22. The highest BCUT2D eigenvalue weighted by Gasteiger charge is 2.22. The number of nitrogens with zero attached hydrogens (tertiary/aromatic N) is 1. The van der Waals surface area contributed by atoms with Gasteiger partial charge in [-0.05, 0) is 40.2 Å². The van der Waals surface area contributed by atoms with Crippen molar-refractivity contribution in [1.82, 2.24) is 15.2 Å². The summed E-state index contributed by atoms with van der Waals surface area (Å²) in [5, 5.41) is 4.86. The SMILES string of the molecule is CCNCc1ccc(Br)c(S(=O)(=O)NN2CCOCC2)c1. The van der Waals surface area contributed by atoms with Gasteiger partial charge in [-0.3, -0.25) is 0 Å². The summed E-state index contributed by atoms with van der Waals surface area (Å²) in [6.45, 7) is 5.65. The van der Waals surface area contributed by atoms with Crippen molar-refractivity contribution in [2.45, 2.75) is 18.4 Å². The zero-order valence-corrected chi connectivity index (χ0v) is 14.3. The molecule has 21 heavy (non-hydrogen) atoms. The first kappa shape index (κ1) is 16.9. The molecule has 0 atom stereocenters. The third-order valence-corrected chi connectivity index (χ3v) is 5.49. The lowest BCUT2D eigenvalue weighted by Crippen LogP contribution is -2.48. The van der Waals surface area contributed by atoms with E-state index >= 15 is 0 Å². The van der Waals surface area contributed by atoms with Gasteiger partial charge in [-0.15, -0.1) is 4.83 Å². The van der Waals surface area contributed by atoms with Gasteiger partial charge in [-0.25, -0.2) is 13.4 Å². The highest BCUT2D eigenvalue weighted by atomic mass is 79.9. The monoisotopic (exact) mass is 377 g/mol. The van der Waals surface area contributed by atoms with Crippen molar-refractivity contribution in [3.8, 4) is 0 Å². The molecule has 0 aliphatic carbocycles. The molecule has 0 spiro atoms. The highest BCUT2D eigenvalue weighted by molar-refractivity contribution is 9.10. The maximum Gasteiger partial charge on any atom is 0.254 e. The maximum atomic E-state index is 12.5. The Kier molecular flexibility index (Phi) is 6.15. The molecular weight excluding hydrogens is 358 g/mol. The van der Waals surface area contributed by atoms with Crippen molar-refractivity contribution in [1.29, 1.82) is 0 Å². The Hall–Kier alpha value is -0.510. The van der Waals surface area contributed by atoms with Crippen LogP contribution in [0.3, 0.4) is 0 Å². The van der Waals surface area contributed by atoms with Crippen LogP contribution < -0.4 is 10.1 Å². The highest BCUT2D eigenvalue weighted by Crippen LogP contribution is 2.23. The largest absolute Gasteiger partial charge is 0.379 e. The Labute approximate surface area is 134 Å². The third kappa shape index (κ3) is 4.73. The average Bonchev–Trinajstić information content (AvgIpc) is 2.47. The quantitative estimate of drug-likeness (QED) is 0.776. The van der Waals surface area contributed by atoms with E-state index in [9.17, 15) is 8.42 Å². The fraction of sp³-hybridized carbons (Fsp3) is 0.538. The summed E-state index contributed by atoms with van der Waals surface area (Å²) >= 11 is 3.32. The fourth-order valence-electron chi connectivity index (χ4n) is 2.01. The Morgan fingerprint density at radius 3 is 2.71 bits per heavy atom. The molecule has 0 radical (unpaired) electrons. The van der Waals surface area contributed by atoms with Crippen LogP contribution in [0.4, 0.5) is 0 Å². The van der Waals surface area contributed by atoms with Gasteiger partial charge in [0.05, 0.1) is 18.1 Å². The van der Waals surface area contributed by atoms with Gasteiger partial charge in [-0.1, -0.05) is 13.0 Å². The van der Waals surface area contributed by atoms with Gasteiger partial charge in [0, 0.05) is 24.1 Å². The molecule has 2 N–H and O–H groups in total. The van der Waals surface area contributed by atoms with E-state index in [4.69, 9.17) is 4.74 Å². The summed E-state index contributed by atoms with van der Waals surface area (Å²) in [7, 11) is -3.59. The lowest BCUT2D eigenvalue weighted by Gasteiger charge is -2.27. The number of hydrazine groups is 1. The molecule has 0 saturated carbocycles. The summed E-state index contributed by atoms with van der Waals surface area (Å²) in [5.41, 5.74) is 0.933. The van der Waals surface area contributed by atoms with Crippen molar-refractivity contribution in [2.75, 3.05) is 32.8 Å². The van der Waals surface area contributed by atoms with Crippen LogP contribution in [0.5, 0.6) is 0 Å². The Morgan fingerprint density at radius 1 is 1.33 bits per heavy atom. The summed E-state index contributed by atoms with van der Waals surface area (Å²) < 4.78 is 30.8. The van der Waals surface area contributed by atoms with Gasteiger partial charge in [-0.2, -0.15) is 0 Å². The van der Waals surface area contributed by atoms with E-state index in [1.54, 1.807) is 17.1 Å². The summed E-state index contributed by atoms with van der Waals surface area (Å²) in [5.74, 6) is 0. The lowest BCUT2D eigenvalue weighted by molar-refractivity contribution is 0.0272. The number of sulfonamides is 1. The first-order valence-electron chi connectivity index (χ1n) is 6.87. The van der Waals surface area contributed by atoms with Crippen LogP contribution in [0, 0.1) is 0 Å². The standard InChI is InChI=1S/C13H20BrN3O3S/c1-2-15-10-11-3-4-12(14)13(9-11)21(18,19)16-17-5-7-20-8-6-17/h3-4,9,15-16H,2,5-8,10H2,1H3. The summed E-state index contributed by atoms with van der Waals surface area (Å²) in [6, 6.07) is 5.36. The molecule has 0 aromatic heterocycles. The molecule has 0 unspecified atom stereocenters.